The summed E-state index contributed by atoms with van der Waals surface area (Å²) in [6.07, 6.45) is 7.54. The second-order valence-electron chi connectivity index (χ2n) is 11.6. The van der Waals surface area contributed by atoms with E-state index in [-0.39, 0.29) is 36.9 Å². The number of likely N-dealkylation sites (N-methyl/N-ethyl adjacent to an activating group) is 1. The Balaban J connectivity index is 0.000000293. The van der Waals surface area contributed by atoms with Crippen LogP contribution in [-0.4, -0.2) is 77.2 Å². The van der Waals surface area contributed by atoms with Crippen LogP contribution in [0.5, 0.6) is 0 Å². The topological polar surface area (TPSA) is 114 Å². The number of ether oxygens (including phenoxy) is 2. The maximum Gasteiger partial charge on any atom is 0.411 e. The number of amides is 3. The molecule has 10 nitrogen and oxygen atoms in total. The molecule has 0 aromatic heterocycles. The molecule has 2 aromatic rings. The first kappa shape index (κ1) is 37.0. The lowest BCUT2D eigenvalue weighted by Gasteiger charge is -2.30. The Kier molecular flexibility index (Phi) is 16.4. The molecule has 3 amide bonds. The van der Waals surface area contributed by atoms with Gasteiger partial charge in [-0.25, -0.2) is 9.59 Å². The molecule has 2 heterocycles. The lowest BCUT2D eigenvalue weighted by molar-refractivity contribution is -0.191. The Morgan fingerprint density at radius 1 is 0.733 bits per heavy atom. The summed E-state index contributed by atoms with van der Waals surface area (Å²) in [5, 5.41) is 0. The van der Waals surface area contributed by atoms with Crippen LogP contribution >= 0.6 is 0 Å². The van der Waals surface area contributed by atoms with Crippen molar-refractivity contribution < 1.29 is 33.4 Å². The third-order valence-corrected chi connectivity index (χ3v) is 8.09. The van der Waals surface area contributed by atoms with E-state index in [1.807, 2.05) is 65.6 Å². The van der Waals surface area contributed by atoms with Crippen LogP contribution < -0.4 is 0 Å². The van der Waals surface area contributed by atoms with Gasteiger partial charge in [0.1, 0.15) is 19.3 Å². The standard InChI is InChI=1S/C18H26N2O3.C16H23NO2.CO2/c1-4-8-15-11-12-16(17(21)19(2)3)20(15)18(22)23-13-14-9-6-5-7-10-14;1-3-7-15-11-10-13(2)17(15)16(18)19-12-14-8-5-4-6-9-14;2-1-3/h5-7,9-10,15-16H,4,8,11-13H2,1-3H3;4-6,8-9,13,15H,3,7,10-12H2,1-2H3;/t15-,16+;13-,15-;/m11./s1. The van der Waals surface area contributed by atoms with Gasteiger partial charge in [0.25, 0.3) is 0 Å². The Labute approximate surface area is 267 Å². The molecule has 0 aliphatic carbocycles. The third kappa shape index (κ3) is 11.7. The summed E-state index contributed by atoms with van der Waals surface area (Å²) in [5.41, 5.74) is 1.98. The van der Waals surface area contributed by atoms with Crippen LogP contribution in [0, 0.1) is 0 Å². The van der Waals surface area contributed by atoms with Crippen molar-refractivity contribution in [2.24, 2.45) is 0 Å². The van der Waals surface area contributed by atoms with Gasteiger partial charge < -0.3 is 19.3 Å². The maximum absolute atomic E-state index is 12.6. The van der Waals surface area contributed by atoms with E-state index < -0.39 is 6.04 Å². The first-order valence-electron chi connectivity index (χ1n) is 15.9. The average molecular weight is 624 g/mol. The van der Waals surface area contributed by atoms with Gasteiger partial charge in [-0.3, -0.25) is 9.69 Å². The van der Waals surface area contributed by atoms with Crippen molar-refractivity contribution in [2.45, 2.75) is 110 Å². The van der Waals surface area contributed by atoms with E-state index in [0.717, 1.165) is 56.1 Å². The molecule has 2 saturated heterocycles. The van der Waals surface area contributed by atoms with Crippen molar-refractivity contribution in [2.75, 3.05) is 14.1 Å². The maximum atomic E-state index is 12.6. The monoisotopic (exact) mass is 623 g/mol. The summed E-state index contributed by atoms with van der Waals surface area (Å²) in [7, 11) is 3.45. The molecule has 2 fully saturated rings. The first-order chi connectivity index (χ1) is 21.7. The van der Waals surface area contributed by atoms with Crippen molar-refractivity contribution in [3.05, 3.63) is 71.8 Å². The summed E-state index contributed by atoms with van der Waals surface area (Å²) in [5.74, 6) is -0.0275. The summed E-state index contributed by atoms with van der Waals surface area (Å²) in [4.78, 5) is 58.6. The van der Waals surface area contributed by atoms with Gasteiger partial charge in [-0.1, -0.05) is 87.4 Å². The number of carbonyl (C=O) groups is 3. The molecule has 2 aromatic carbocycles. The van der Waals surface area contributed by atoms with Crippen LogP contribution in [0.25, 0.3) is 0 Å². The van der Waals surface area contributed by atoms with Crippen LogP contribution in [0.2, 0.25) is 0 Å². The number of benzene rings is 2. The molecule has 4 rings (SSSR count). The predicted octanol–water partition coefficient (Wildman–Crippen LogP) is 6.44. The highest BCUT2D eigenvalue weighted by atomic mass is 16.6. The zero-order valence-corrected chi connectivity index (χ0v) is 27.4. The Morgan fingerprint density at radius 2 is 1.16 bits per heavy atom. The molecule has 10 heteroatoms. The number of carbonyl (C=O) groups excluding carboxylic acids is 5. The van der Waals surface area contributed by atoms with Gasteiger partial charge in [-0.05, 0) is 56.6 Å². The van der Waals surface area contributed by atoms with Gasteiger partial charge in [0.15, 0.2) is 0 Å². The van der Waals surface area contributed by atoms with Gasteiger partial charge >= 0.3 is 18.3 Å². The van der Waals surface area contributed by atoms with E-state index in [4.69, 9.17) is 19.1 Å². The molecule has 0 spiro atoms. The minimum atomic E-state index is -0.398. The molecule has 2 aliphatic rings. The SMILES string of the molecule is CCC[C@@H]1CC[C@@H](C(=O)N(C)C)N1C(=O)OCc1ccccc1.CCC[C@@H]1CC[C@@H](C)N1C(=O)OCc1ccccc1.O=C=O. The van der Waals surface area contributed by atoms with Crippen LogP contribution in [0.4, 0.5) is 9.59 Å². The van der Waals surface area contributed by atoms with Gasteiger partial charge in [0.2, 0.25) is 5.91 Å². The Hall–Kier alpha value is -4.17. The van der Waals surface area contributed by atoms with Gasteiger partial charge in [0, 0.05) is 32.2 Å². The third-order valence-electron chi connectivity index (χ3n) is 8.09. The highest BCUT2D eigenvalue weighted by molar-refractivity contribution is 5.86. The predicted molar refractivity (Wildman–Crippen MR) is 170 cm³/mol. The fraction of sp³-hybridized carbons (Fsp3) is 0.543. The smallest absolute Gasteiger partial charge is 0.411 e. The van der Waals surface area contributed by atoms with Crippen molar-refractivity contribution in [3.63, 3.8) is 0 Å². The zero-order valence-electron chi connectivity index (χ0n) is 27.4. The van der Waals surface area contributed by atoms with E-state index in [1.165, 1.54) is 0 Å². The van der Waals surface area contributed by atoms with E-state index in [0.29, 0.717) is 25.1 Å². The molecule has 246 valence electrons. The highest BCUT2D eigenvalue weighted by Crippen LogP contribution is 2.30. The van der Waals surface area contributed by atoms with Crippen LogP contribution in [0.1, 0.15) is 83.3 Å². The van der Waals surface area contributed by atoms with Crippen molar-refractivity contribution in [1.82, 2.24) is 14.7 Å². The zero-order chi connectivity index (χ0) is 33.2. The van der Waals surface area contributed by atoms with E-state index >= 15 is 0 Å². The normalized spacial score (nSPS) is 20.1. The average Bonchev–Trinajstić information content (AvgIpc) is 3.63. The van der Waals surface area contributed by atoms with Crippen LogP contribution in [-0.2, 0) is 37.1 Å². The number of hydrogen-bond acceptors (Lipinski definition) is 7. The highest BCUT2D eigenvalue weighted by Gasteiger charge is 2.42. The number of nitrogens with zero attached hydrogens (tertiary/aromatic N) is 3. The molecule has 2 aliphatic heterocycles. The summed E-state index contributed by atoms with van der Waals surface area (Å²) >= 11 is 0. The molecular formula is C35H49N3O7. The molecule has 45 heavy (non-hydrogen) atoms. The quantitative estimate of drug-likeness (QED) is 0.316. The molecule has 0 bridgehead atoms. The molecule has 4 atom stereocenters. The summed E-state index contributed by atoms with van der Waals surface area (Å²) < 4.78 is 10.9. The largest absolute Gasteiger partial charge is 0.445 e. The number of rotatable bonds is 9. The Morgan fingerprint density at radius 3 is 1.60 bits per heavy atom. The van der Waals surface area contributed by atoms with E-state index in [2.05, 4.69) is 20.8 Å². The lowest BCUT2D eigenvalue weighted by atomic mass is 10.1. The number of likely N-dealkylation sites (tertiary alicyclic amines) is 2. The van der Waals surface area contributed by atoms with E-state index in [9.17, 15) is 14.4 Å². The van der Waals surface area contributed by atoms with Crippen molar-refractivity contribution >= 4 is 24.2 Å². The van der Waals surface area contributed by atoms with E-state index in [1.54, 1.807) is 23.9 Å². The fourth-order valence-electron chi connectivity index (χ4n) is 5.92. The molecular weight excluding hydrogens is 574 g/mol. The van der Waals surface area contributed by atoms with Gasteiger partial charge in [-0.2, -0.15) is 9.59 Å². The van der Waals surface area contributed by atoms with Gasteiger partial charge in [-0.15, -0.1) is 0 Å². The molecule has 0 N–H and O–H groups in total. The van der Waals surface area contributed by atoms with Crippen LogP contribution in [0.15, 0.2) is 60.7 Å². The number of hydrogen-bond donors (Lipinski definition) is 0. The Bertz CT molecular complexity index is 1200. The lowest BCUT2D eigenvalue weighted by Crippen LogP contribution is -2.48. The fourth-order valence-corrected chi connectivity index (χ4v) is 5.92. The minimum Gasteiger partial charge on any atom is -0.445 e. The molecule has 0 radical (unpaired) electrons. The summed E-state index contributed by atoms with van der Waals surface area (Å²) in [6.45, 7) is 6.96. The van der Waals surface area contributed by atoms with Gasteiger partial charge in [0.05, 0.1) is 0 Å². The molecule has 0 unspecified atom stereocenters. The van der Waals surface area contributed by atoms with Crippen molar-refractivity contribution in [1.29, 1.82) is 0 Å². The minimum absolute atomic E-state index is 0.0275. The van der Waals surface area contributed by atoms with Crippen LogP contribution in [0.3, 0.4) is 0 Å². The summed E-state index contributed by atoms with van der Waals surface area (Å²) in [6, 6.07) is 19.8. The first-order valence-corrected chi connectivity index (χ1v) is 15.9. The molecule has 0 saturated carbocycles. The second-order valence-corrected chi connectivity index (χ2v) is 11.6. The van der Waals surface area contributed by atoms with Crippen molar-refractivity contribution in [3.8, 4) is 0 Å². The second kappa shape index (κ2) is 20.0.